The number of fused-ring (bicyclic) bond motifs is 4. The number of aromatic hydroxyl groups is 1. The minimum absolute atomic E-state index is 0.00405. The number of hydrogen-bond acceptors (Lipinski definition) is 11. The number of amides is 2. The number of carboxylic acids is 3. The number of allylic oxidation sites excluding steroid dienone is 2. The molecule has 2 aliphatic carbocycles. The minimum Gasteiger partial charge on any atom is -0.508 e. The van der Waals surface area contributed by atoms with Crippen LogP contribution in [0.1, 0.15) is 47.0 Å². The van der Waals surface area contributed by atoms with Gasteiger partial charge in [-0.3, -0.25) is 14.4 Å². The summed E-state index contributed by atoms with van der Waals surface area (Å²) >= 11 is 0. The van der Waals surface area contributed by atoms with E-state index in [0.29, 0.717) is 49.9 Å². The van der Waals surface area contributed by atoms with Gasteiger partial charge in [-0.1, -0.05) is 30.4 Å². The Morgan fingerprint density at radius 3 is 1.97 bits per heavy atom. The van der Waals surface area contributed by atoms with Gasteiger partial charge in [-0.25, -0.2) is 14.4 Å². The van der Waals surface area contributed by atoms with Crippen LogP contribution in [0.5, 0.6) is 5.75 Å². The third kappa shape index (κ3) is 8.82. The molecule has 0 atom stereocenters. The first-order valence-corrected chi connectivity index (χ1v) is 20.4. The predicted molar refractivity (Wildman–Crippen MR) is 248 cm³/mol. The molecule has 4 aliphatic rings. The molecule has 2 aliphatic heterocycles. The van der Waals surface area contributed by atoms with Gasteiger partial charge in [-0.15, -0.1) is 0 Å². The number of nitrogens with zero attached hydrogens (tertiary/aromatic N) is 1. The fraction of sp³-hybridized carbons (Fsp3) is 0.0784. The highest BCUT2D eigenvalue weighted by molar-refractivity contribution is 6.10. The topological polar surface area (TPSA) is 261 Å². The van der Waals surface area contributed by atoms with E-state index >= 15 is 0 Å². The van der Waals surface area contributed by atoms with E-state index in [1.165, 1.54) is 72.8 Å². The number of benzene rings is 6. The van der Waals surface area contributed by atoms with E-state index in [0.717, 1.165) is 11.8 Å². The van der Waals surface area contributed by atoms with Gasteiger partial charge in [0.05, 0.1) is 34.2 Å². The normalized spacial score (nSPS) is 11.5. The molecule has 0 radical (unpaired) electrons. The van der Waals surface area contributed by atoms with Crippen molar-refractivity contribution in [3.8, 4) is 50.7 Å². The molecular formula is C51H38N4O12. The van der Waals surface area contributed by atoms with Gasteiger partial charge in [0.2, 0.25) is 5.91 Å². The van der Waals surface area contributed by atoms with Crippen LogP contribution in [0, 0.1) is 5.41 Å². The van der Waals surface area contributed by atoms with Gasteiger partial charge in [-0.05, 0) is 83.9 Å². The van der Waals surface area contributed by atoms with Crippen LogP contribution in [0.4, 0.5) is 5.69 Å². The van der Waals surface area contributed by atoms with E-state index in [2.05, 4.69) is 10.6 Å². The second-order valence-electron chi connectivity index (χ2n) is 15.5. The van der Waals surface area contributed by atoms with Crippen LogP contribution in [0.15, 0.2) is 141 Å². The van der Waals surface area contributed by atoms with Gasteiger partial charge < -0.3 is 50.2 Å². The lowest BCUT2D eigenvalue weighted by atomic mass is 9.88. The number of carbonyl (C=O) groups is 5. The van der Waals surface area contributed by atoms with Crippen molar-refractivity contribution < 1.29 is 53.2 Å². The third-order valence-electron chi connectivity index (χ3n) is 11.0. The highest BCUT2D eigenvalue weighted by Gasteiger charge is 2.27. The van der Waals surface area contributed by atoms with Crippen LogP contribution in [-0.2, 0) is 11.3 Å². The molecule has 16 nitrogen and oxygen atoms in total. The Kier molecular flexibility index (Phi) is 11.9. The molecular weight excluding hydrogens is 861 g/mol. The SMILES string of the molecule is CN(C)c1ccc2c(-c3ccc(C(=O)NC/C=C/C=C/C(=O)NCc4c5oc6cc(O)ccc6c(-c6ccc(C(=O)O)cc6C(=O)O)c-5ccc4=O)cc3C(=O)O)c3ccc(=N)cc-3oc2c1. The van der Waals surface area contributed by atoms with Crippen LogP contribution in [-0.4, -0.2) is 70.8 Å². The number of hydrogen-bond donors (Lipinski definition) is 7. The summed E-state index contributed by atoms with van der Waals surface area (Å²) in [4.78, 5) is 78.1. The van der Waals surface area contributed by atoms with Gasteiger partial charge >= 0.3 is 17.9 Å². The zero-order valence-corrected chi connectivity index (χ0v) is 35.5. The van der Waals surface area contributed by atoms with E-state index in [1.54, 1.807) is 30.3 Å². The molecule has 0 saturated heterocycles. The van der Waals surface area contributed by atoms with Crippen molar-refractivity contribution in [3.05, 3.63) is 171 Å². The van der Waals surface area contributed by atoms with Gasteiger partial charge in [0, 0.05) is 89.2 Å². The van der Waals surface area contributed by atoms with Crippen molar-refractivity contribution >= 4 is 57.3 Å². The lowest BCUT2D eigenvalue weighted by Crippen LogP contribution is -2.25. The van der Waals surface area contributed by atoms with E-state index in [1.807, 2.05) is 37.2 Å². The number of phenolic OH excluding ortho intramolecular Hbond substituents is 1. The van der Waals surface area contributed by atoms with Crippen LogP contribution in [0.3, 0.4) is 0 Å². The largest absolute Gasteiger partial charge is 0.508 e. The standard InChI is InChI=1S/C51H38N4O12/c1-55(2)29-10-15-34-42(23-29)66-41-22-28(52)9-14-33(41)45(34)31-12-7-26(20-37(31)50(62)63)48(59)53-19-5-3-4-6-44(58)54-25-39-40(57)18-17-36-46(35-16-11-30(56)24-43(35)67-47(36)39)32-13-8-27(49(60)61)21-38(32)51(64)65/h3-18,20-24,52,56H,19,25H2,1-2H3,(H,53,59)(H,54,58)(H,60,61)(H,62,63)(H,64,65)/b5-3+,6-4+,52-28?. The van der Waals surface area contributed by atoms with Gasteiger partial charge in [0.15, 0.2) is 5.43 Å². The van der Waals surface area contributed by atoms with Gasteiger partial charge in [0.1, 0.15) is 28.4 Å². The molecule has 0 aromatic heterocycles. The summed E-state index contributed by atoms with van der Waals surface area (Å²) in [5.74, 6) is -4.91. The summed E-state index contributed by atoms with van der Waals surface area (Å²) in [6.45, 7) is -0.303. The monoisotopic (exact) mass is 898 g/mol. The van der Waals surface area contributed by atoms with Crippen molar-refractivity contribution in [1.29, 1.82) is 5.41 Å². The average Bonchev–Trinajstić information content (AvgIpc) is 3.29. The Bertz CT molecular complexity index is 3490. The minimum atomic E-state index is -1.40. The Balaban J connectivity index is 0.970. The molecule has 2 heterocycles. The number of nitrogens with one attached hydrogen (secondary N) is 3. The molecule has 4 aromatic carbocycles. The molecule has 4 aromatic rings. The van der Waals surface area contributed by atoms with Crippen LogP contribution in [0.2, 0.25) is 0 Å². The highest BCUT2D eigenvalue weighted by atomic mass is 16.4. The van der Waals surface area contributed by atoms with Crippen LogP contribution in [0.25, 0.3) is 66.8 Å². The van der Waals surface area contributed by atoms with Crippen molar-refractivity contribution in [1.82, 2.24) is 10.6 Å². The average molecular weight is 899 g/mol. The Morgan fingerprint density at radius 2 is 1.28 bits per heavy atom. The number of anilines is 1. The molecule has 67 heavy (non-hydrogen) atoms. The van der Waals surface area contributed by atoms with Crippen LogP contribution < -0.4 is 26.3 Å². The number of carboxylic acid groups (broad SMARTS) is 3. The van der Waals surface area contributed by atoms with Gasteiger partial charge in [0.25, 0.3) is 5.91 Å². The molecule has 16 heteroatoms. The summed E-state index contributed by atoms with van der Waals surface area (Å²) in [6.07, 6.45) is 5.64. The van der Waals surface area contributed by atoms with E-state index < -0.39 is 35.2 Å². The summed E-state index contributed by atoms with van der Waals surface area (Å²) in [6, 6.07) is 25.3. The number of rotatable bonds is 13. The first kappa shape index (κ1) is 44.3. The van der Waals surface area contributed by atoms with Crippen LogP contribution >= 0.6 is 0 Å². The fourth-order valence-corrected chi connectivity index (χ4v) is 7.82. The smallest absolute Gasteiger partial charge is 0.336 e. The first-order valence-electron chi connectivity index (χ1n) is 20.4. The zero-order valence-electron chi connectivity index (χ0n) is 35.5. The van der Waals surface area contributed by atoms with E-state index in [9.17, 15) is 49.2 Å². The molecule has 0 fully saturated rings. The molecule has 334 valence electrons. The maximum Gasteiger partial charge on any atom is 0.336 e. The molecule has 0 bridgehead atoms. The van der Waals surface area contributed by atoms with Crippen molar-refractivity contribution in [2.24, 2.45) is 0 Å². The summed E-state index contributed by atoms with van der Waals surface area (Å²) < 4.78 is 12.3. The highest BCUT2D eigenvalue weighted by Crippen LogP contribution is 2.44. The summed E-state index contributed by atoms with van der Waals surface area (Å²) in [5.41, 5.74) is 2.58. The third-order valence-corrected chi connectivity index (χ3v) is 11.0. The second kappa shape index (κ2) is 18.1. The first-order chi connectivity index (χ1) is 32.1. The Morgan fingerprint density at radius 1 is 0.657 bits per heavy atom. The number of aromatic carboxylic acids is 3. The lowest BCUT2D eigenvalue weighted by Gasteiger charge is -2.19. The van der Waals surface area contributed by atoms with Crippen molar-refractivity contribution in [2.45, 2.75) is 6.54 Å². The zero-order chi connectivity index (χ0) is 47.7. The maximum absolute atomic E-state index is 13.2. The molecule has 2 amide bonds. The number of carbonyl (C=O) groups excluding carboxylic acids is 2. The predicted octanol–water partition coefficient (Wildman–Crippen LogP) is 7.59. The van der Waals surface area contributed by atoms with Crippen molar-refractivity contribution in [2.75, 3.05) is 25.5 Å². The van der Waals surface area contributed by atoms with E-state index in [-0.39, 0.29) is 68.9 Å². The molecule has 7 N–H and O–H groups in total. The summed E-state index contributed by atoms with van der Waals surface area (Å²) in [5, 5.41) is 54.9. The molecule has 0 saturated carbocycles. The Hall–Kier alpha value is -9.31. The van der Waals surface area contributed by atoms with Crippen molar-refractivity contribution in [3.63, 3.8) is 0 Å². The molecule has 0 unspecified atom stereocenters. The summed E-state index contributed by atoms with van der Waals surface area (Å²) in [7, 11) is 3.77. The lowest BCUT2D eigenvalue weighted by molar-refractivity contribution is -0.116. The molecule has 0 spiro atoms. The Labute approximate surface area is 379 Å². The second-order valence-corrected chi connectivity index (χ2v) is 15.5. The molecule has 8 rings (SSSR count). The maximum atomic E-state index is 13.2. The fourth-order valence-electron chi connectivity index (χ4n) is 7.82. The van der Waals surface area contributed by atoms with Gasteiger partial charge in [-0.2, -0.15) is 0 Å². The number of phenols is 1. The quantitative estimate of drug-likeness (QED) is 0.0335. The van der Waals surface area contributed by atoms with E-state index in [4.69, 9.17) is 14.2 Å².